The predicted molar refractivity (Wildman–Crippen MR) is 101 cm³/mol. The predicted octanol–water partition coefficient (Wildman–Crippen LogP) is 1.91. The highest BCUT2D eigenvalue weighted by Crippen LogP contribution is 2.30. The molecule has 160 valence electrons. The Morgan fingerprint density at radius 1 is 1.31 bits per heavy atom. The van der Waals surface area contributed by atoms with Gasteiger partial charge in [-0.25, -0.2) is 9.50 Å². The van der Waals surface area contributed by atoms with Crippen LogP contribution in [0.4, 0.5) is 19.0 Å². The van der Waals surface area contributed by atoms with E-state index in [2.05, 4.69) is 10.1 Å². The third kappa shape index (κ3) is 3.76. The molecule has 3 heterocycles. The van der Waals surface area contributed by atoms with Crippen LogP contribution in [-0.4, -0.2) is 67.7 Å². The summed E-state index contributed by atoms with van der Waals surface area (Å²) in [6.45, 7) is 8.63. The molecule has 1 aliphatic rings. The molecule has 1 unspecified atom stereocenters. The molecule has 0 aliphatic carbocycles. The summed E-state index contributed by atoms with van der Waals surface area (Å²) in [5, 5.41) is 16.7. The van der Waals surface area contributed by atoms with Gasteiger partial charge in [-0.3, -0.25) is 9.69 Å². The van der Waals surface area contributed by atoms with Crippen molar-refractivity contribution in [1.29, 1.82) is 0 Å². The van der Waals surface area contributed by atoms with E-state index in [0.29, 0.717) is 24.6 Å². The van der Waals surface area contributed by atoms with Gasteiger partial charge in [0.05, 0.1) is 6.20 Å². The number of amides is 1. The summed E-state index contributed by atoms with van der Waals surface area (Å²) in [6, 6.07) is 1.84. The zero-order valence-electron chi connectivity index (χ0n) is 16.9. The van der Waals surface area contributed by atoms with Crippen LogP contribution in [0, 0.1) is 6.92 Å². The maximum absolute atomic E-state index is 13.1. The molecule has 1 fully saturated rings. The van der Waals surface area contributed by atoms with Gasteiger partial charge >= 0.3 is 6.18 Å². The van der Waals surface area contributed by atoms with Crippen LogP contribution in [-0.2, 0) is 0 Å². The first-order valence-electron chi connectivity index (χ1n) is 9.28. The van der Waals surface area contributed by atoms with E-state index in [-0.39, 0.29) is 17.3 Å². The molecular weight excluding hydrogens is 389 g/mol. The average Bonchev–Trinajstić information content (AvgIpc) is 3.17. The smallest absolute Gasteiger partial charge is 0.361 e. The number of alkyl halides is 3. The van der Waals surface area contributed by atoms with Crippen molar-refractivity contribution in [3.63, 3.8) is 0 Å². The summed E-state index contributed by atoms with van der Waals surface area (Å²) < 4.78 is 40.8. The molecule has 2 aromatic rings. The van der Waals surface area contributed by atoms with Crippen LogP contribution < -0.4 is 10.2 Å². The lowest BCUT2D eigenvalue weighted by Gasteiger charge is -2.29. The quantitative estimate of drug-likeness (QED) is 0.795. The molecule has 1 atom stereocenters. The van der Waals surface area contributed by atoms with Crippen molar-refractivity contribution in [2.45, 2.75) is 58.7 Å². The minimum absolute atomic E-state index is 0.0679. The Morgan fingerprint density at radius 3 is 2.52 bits per heavy atom. The van der Waals surface area contributed by atoms with Gasteiger partial charge in [-0.2, -0.15) is 18.3 Å². The molecule has 8 nitrogen and oxygen atoms in total. The molecule has 11 heteroatoms. The molecule has 0 aromatic carbocycles. The Labute approximate surface area is 166 Å². The van der Waals surface area contributed by atoms with E-state index in [4.69, 9.17) is 0 Å². The second-order valence-corrected chi connectivity index (χ2v) is 8.00. The fraction of sp³-hybridized carbons (Fsp3) is 0.611. The molecule has 0 spiro atoms. The molecular formula is C18H25F3N6O2. The number of carbonyl (C=O) groups is 1. The molecule has 3 rings (SSSR count). The zero-order chi connectivity index (χ0) is 21.7. The van der Waals surface area contributed by atoms with Gasteiger partial charge in [-0.15, -0.1) is 0 Å². The molecule has 1 aliphatic heterocycles. The highest BCUT2D eigenvalue weighted by molar-refractivity contribution is 6.00. The number of rotatable bonds is 4. The number of aliphatic hydroxyl groups excluding tert-OH is 1. The van der Waals surface area contributed by atoms with Crippen molar-refractivity contribution in [3.8, 4) is 0 Å². The summed E-state index contributed by atoms with van der Waals surface area (Å²) in [7, 11) is 0. The van der Waals surface area contributed by atoms with Gasteiger partial charge in [-0.1, -0.05) is 0 Å². The van der Waals surface area contributed by atoms with Crippen molar-refractivity contribution < 1.29 is 23.1 Å². The third-order valence-corrected chi connectivity index (χ3v) is 5.15. The number of fused-ring (bicyclic) bond motifs is 1. The molecule has 0 bridgehead atoms. The number of carbonyl (C=O) groups excluding carboxylic acids is 1. The van der Waals surface area contributed by atoms with E-state index in [1.165, 1.54) is 10.7 Å². The fourth-order valence-corrected chi connectivity index (χ4v) is 3.22. The summed E-state index contributed by atoms with van der Waals surface area (Å²) in [6.07, 6.45) is -4.30. The largest absolute Gasteiger partial charge is 0.410 e. The molecule has 29 heavy (non-hydrogen) atoms. The monoisotopic (exact) mass is 414 g/mol. The molecule has 1 amide bonds. The lowest BCUT2D eigenvalue weighted by molar-refractivity contribution is -0.182. The number of nitrogens with one attached hydrogen (secondary N) is 1. The molecule has 1 saturated heterocycles. The van der Waals surface area contributed by atoms with E-state index in [0.717, 1.165) is 13.8 Å². The van der Waals surface area contributed by atoms with Gasteiger partial charge in [0.25, 0.3) is 5.91 Å². The Bertz CT molecular complexity index is 924. The normalized spacial score (nSPS) is 18.8. The zero-order valence-corrected chi connectivity index (χ0v) is 16.9. The number of hydrogen-bond acceptors (Lipinski definition) is 6. The molecule has 0 saturated carbocycles. The number of halogens is 3. The number of anilines is 1. The van der Waals surface area contributed by atoms with E-state index in [9.17, 15) is 23.1 Å². The van der Waals surface area contributed by atoms with Crippen molar-refractivity contribution in [2.75, 3.05) is 18.0 Å². The van der Waals surface area contributed by atoms with E-state index < -0.39 is 24.0 Å². The van der Waals surface area contributed by atoms with Crippen LogP contribution in [0.15, 0.2) is 12.3 Å². The SMILES string of the molecule is Cc1cc(N2CCN(C(C)C)C2O)nc2c(C(=O)NC(C)(C)C(F)(F)F)cnn12. The lowest BCUT2D eigenvalue weighted by atomic mass is 10.0. The van der Waals surface area contributed by atoms with Crippen LogP contribution in [0.25, 0.3) is 5.65 Å². The van der Waals surface area contributed by atoms with Crippen LogP contribution >= 0.6 is 0 Å². The van der Waals surface area contributed by atoms with Gasteiger partial charge in [0, 0.05) is 30.9 Å². The lowest BCUT2D eigenvalue weighted by Crippen LogP contribution is -2.54. The Balaban J connectivity index is 1.97. The summed E-state index contributed by atoms with van der Waals surface area (Å²) >= 11 is 0. The maximum atomic E-state index is 13.1. The van der Waals surface area contributed by atoms with E-state index in [1.54, 1.807) is 17.9 Å². The Kier molecular flexibility index (Phi) is 5.24. The van der Waals surface area contributed by atoms with Gasteiger partial charge < -0.3 is 15.3 Å². The van der Waals surface area contributed by atoms with Crippen LogP contribution in [0.1, 0.15) is 43.7 Å². The molecule has 0 radical (unpaired) electrons. The van der Waals surface area contributed by atoms with Crippen LogP contribution in [0.2, 0.25) is 0 Å². The number of aryl methyl sites for hydroxylation is 1. The second kappa shape index (κ2) is 7.13. The third-order valence-electron chi connectivity index (χ3n) is 5.15. The summed E-state index contributed by atoms with van der Waals surface area (Å²) in [4.78, 5) is 20.6. The number of nitrogens with zero attached hydrogens (tertiary/aromatic N) is 5. The van der Waals surface area contributed by atoms with Crippen molar-refractivity contribution in [2.24, 2.45) is 0 Å². The minimum Gasteiger partial charge on any atom is -0.361 e. The van der Waals surface area contributed by atoms with Crippen LogP contribution in [0.5, 0.6) is 0 Å². The minimum atomic E-state index is -4.61. The summed E-state index contributed by atoms with van der Waals surface area (Å²) in [5.74, 6) is -0.493. The standard InChI is InChI=1S/C18H25F3N6O2/c1-10(2)25-6-7-26(16(25)29)13-8-11(3)27-14(23-13)12(9-22-27)15(28)24-17(4,5)18(19,20)21/h8-10,16,29H,6-7H2,1-5H3,(H,24,28). The molecule has 2 aromatic heterocycles. The Hall–Kier alpha value is -2.40. The van der Waals surface area contributed by atoms with E-state index >= 15 is 0 Å². The van der Waals surface area contributed by atoms with Crippen LogP contribution in [0.3, 0.4) is 0 Å². The molecule has 2 N–H and O–H groups in total. The van der Waals surface area contributed by atoms with Crippen molar-refractivity contribution in [3.05, 3.63) is 23.5 Å². The highest BCUT2D eigenvalue weighted by atomic mass is 19.4. The highest BCUT2D eigenvalue weighted by Gasteiger charge is 2.48. The second-order valence-electron chi connectivity index (χ2n) is 8.00. The first-order chi connectivity index (χ1) is 13.3. The summed E-state index contributed by atoms with van der Waals surface area (Å²) in [5.41, 5.74) is -1.71. The van der Waals surface area contributed by atoms with Gasteiger partial charge in [0.2, 0.25) is 0 Å². The first-order valence-corrected chi connectivity index (χ1v) is 9.28. The number of aromatic nitrogens is 3. The maximum Gasteiger partial charge on any atom is 0.410 e. The van der Waals surface area contributed by atoms with E-state index in [1.807, 2.05) is 24.1 Å². The van der Waals surface area contributed by atoms with Crippen molar-refractivity contribution in [1.82, 2.24) is 24.8 Å². The Morgan fingerprint density at radius 2 is 1.97 bits per heavy atom. The number of aliphatic hydroxyl groups is 1. The average molecular weight is 414 g/mol. The topological polar surface area (TPSA) is 86.0 Å². The van der Waals surface area contributed by atoms with Gasteiger partial charge in [0.1, 0.15) is 16.9 Å². The van der Waals surface area contributed by atoms with Gasteiger partial charge in [-0.05, 0) is 34.6 Å². The first kappa shape index (κ1) is 21.3. The number of hydrogen-bond donors (Lipinski definition) is 2. The fourth-order valence-electron chi connectivity index (χ4n) is 3.22. The van der Waals surface area contributed by atoms with Gasteiger partial charge in [0.15, 0.2) is 12.0 Å². The van der Waals surface area contributed by atoms with Crippen molar-refractivity contribution >= 4 is 17.4 Å².